The molecule has 0 aliphatic heterocycles. The molecule has 3 rings (SSSR count). The third-order valence-electron chi connectivity index (χ3n) is 3.65. The Hall–Kier alpha value is -2.33. The second-order valence-electron chi connectivity index (χ2n) is 5.00. The smallest absolute Gasteiger partial charge is 0.135 e. The maximum Gasteiger partial charge on any atom is 0.135 e. The van der Waals surface area contributed by atoms with Crippen LogP contribution in [0.1, 0.15) is 18.3 Å². The highest BCUT2D eigenvalue weighted by Crippen LogP contribution is 2.26. The van der Waals surface area contributed by atoms with E-state index in [9.17, 15) is 5.11 Å². The molecule has 3 aromatic rings. The molecule has 0 aliphatic rings. The van der Waals surface area contributed by atoms with Crippen molar-refractivity contribution < 1.29 is 9.84 Å². The third-order valence-corrected chi connectivity index (χ3v) is 3.65. The number of nitrogens with zero attached hydrogens (tertiary/aromatic N) is 2. The number of benzene rings is 2. The van der Waals surface area contributed by atoms with Gasteiger partial charge in [-0.25, -0.2) is 4.98 Å². The summed E-state index contributed by atoms with van der Waals surface area (Å²) >= 11 is 0. The van der Waals surface area contributed by atoms with Crippen LogP contribution < -0.4 is 4.74 Å². The average molecular weight is 282 g/mol. The molecule has 1 heterocycles. The summed E-state index contributed by atoms with van der Waals surface area (Å²) in [7, 11) is 1.89. The van der Waals surface area contributed by atoms with E-state index in [0.717, 1.165) is 29.0 Å². The van der Waals surface area contributed by atoms with Gasteiger partial charge >= 0.3 is 0 Å². The van der Waals surface area contributed by atoms with Crippen molar-refractivity contribution in [3.8, 4) is 11.5 Å². The first kappa shape index (κ1) is 13.6. The minimum Gasteiger partial charge on any atom is -0.457 e. The second kappa shape index (κ2) is 5.58. The predicted octanol–water partition coefficient (Wildman–Crippen LogP) is 3.42. The second-order valence-corrected chi connectivity index (χ2v) is 5.00. The van der Waals surface area contributed by atoms with Gasteiger partial charge in [-0.3, -0.25) is 0 Å². The fourth-order valence-electron chi connectivity index (χ4n) is 2.35. The molecule has 0 aliphatic carbocycles. The summed E-state index contributed by atoms with van der Waals surface area (Å²) in [5.41, 5.74) is 3.09. The van der Waals surface area contributed by atoms with E-state index in [0.29, 0.717) is 5.82 Å². The molecule has 0 atom stereocenters. The molecule has 0 saturated carbocycles. The zero-order valence-corrected chi connectivity index (χ0v) is 12.2. The van der Waals surface area contributed by atoms with Crippen molar-refractivity contribution >= 4 is 11.0 Å². The van der Waals surface area contributed by atoms with Gasteiger partial charge in [0.2, 0.25) is 0 Å². The molecule has 108 valence electrons. The highest BCUT2D eigenvalue weighted by Gasteiger charge is 2.08. The molecule has 0 unspecified atom stereocenters. The van der Waals surface area contributed by atoms with Crippen molar-refractivity contribution in [1.29, 1.82) is 0 Å². The van der Waals surface area contributed by atoms with E-state index < -0.39 is 0 Å². The van der Waals surface area contributed by atoms with Crippen LogP contribution in [0.15, 0.2) is 42.5 Å². The molecule has 1 aromatic heterocycles. The Bertz CT molecular complexity index is 760. The van der Waals surface area contributed by atoms with Gasteiger partial charge in [0.25, 0.3) is 0 Å². The normalized spacial score (nSPS) is 11.0. The molecular formula is C17H18N2O2. The van der Waals surface area contributed by atoms with Gasteiger partial charge < -0.3 is 14.4 Å². The SMILES string of the molecule is CCc1ccc(Oc2ccc3nc(CO)n(C)c3c2)cc1. The van der Waals surface area contributed by atoms with Crippen LogP contribution in [0.5, 0.6) is 11.5 Å². The number of rotatable bonds is 4. The van der Waals surface area contributed by atoms with Crippen LogP contribution in [0.2, 0.25) is 0 Å². The number of aliphatic hydroxyl groups excluding tert-OH is 1. The van der Waals surface area contributed by atoms with Gasteiger partial charge in [-0.15, -0.1) is 0 Å². The molecule has 0 bridgehead atoms. The predicted molar refractivity (Wildman–Crippen MR) is 82.5 cm³/mol. The van der Waals surface area contributed by atoms with E-state index in [1.165, 1.54) is 5.56 Å². The number of hydrogen-bond donors (Lipinski definition) is 1. The zero-order valence-electron chi connectivity index (χ0n) is 12.2. The van der Waals surface area contributed by atoms with E-state index in [1.54, 1.807) is 0 Å². The Kier molecular flexibility index (Phi) is 3.62. The highest BCUT2D eigenvalue weighted by molar-refractivity contribution is 5.77. The van der Waals surface area contributed by atoms with Crippen LogP contribution in [-0.2, 0) is 20.1 Å². The fraction of sp³-hybridized carbons (Fsp3) is 0.235. The summed E-state index contributed by atoms with van der Waals surface area (Å²) in [5.74, 6) is 2.23. The minimum atomic E-state index is -0.0696. The van der Waals surface area contributed by atoms with Gasteiger partial charge in [-0.2, -0.15) is 0 Å². The summed E-state index contributed by atoms with van der Waals surface area (Å²) in [5, 5.41) is 9.26. The summed E-state index contributed by atoms with van der Waals surface area (Å²) in [6, 6.07) is 13.8. The Labute approximate surface area is 123 Å². The van der Waals surface area contributed by atoms with Gasteiger partial charge in [0.05, 0.1) is 11.0 Å². The standard InChI is InChI=1S/C17H18N2O2/c1-3-12-4-6-13(7-5-12)21-14-8-9-15-16(10-14)19(2)17(11-20)18-15/h4-10,20H,3,11H2,1-2H3. The number of imidazole rings is 1. The molecule has 4 nitrogen and oxygen atoms in total. The fourth-order valence-corrected chi connectivity index (χ4v) is 2.35. The Morgan fingerprint density at radius 3 is 2.48 bits per heavy atom. The van der Waals surface area contributed by atoms with Crippen molar-refractivity contribution in [2.75, 3.05) is 0 Å². The Morgan fingerprint density at radius 1 is 1.10 bits per heavy atom. The molecule has 0 spiro atoms. The lowest BCUT2D eigenvalue weighted by atomic mass is 10.2. The van der Waals surface area contributed by atoms with Gasteiger partial charge in [0, 0.05) is 13.1 Å². The molecule has 0 amide bonds. The van der Waals surface area contributed by atoms with E-state index in [2.05, 4.69) is 24.0 Å². The Morgan fingerprint density at radius 2 is 1.81 bits per heavy atom. The number of aromatic nitrogens is 2. The minimum absolute atomic E-state index is 0.0696. The zero-order chi connectivity index (χ0) is 14.8. The van der Waals surface area contributed by atoms with Crippen molar-refractivity contribution in [2.45, 2.75) is 20.0 Å². The maximum absolute atomic E-state index is 9.26. The average Bonchev–Trinajstić information content (AvgIpc) is 2.84. The monoisotopic (exact) mass is 282 g/mol. The molecule has 0 fully saturated rings. The Balaban J connectivity index is 1.91. The number of ether oxygens (including phenoxy) is 1. The molecular weight excluding hydrogens is 264 g/mol. The number of aryl methyl sites for hydroxylation is 2. The first-order valence-corrected chi connectivity index (χ1v) is 7.04. The van der Waals surface area contributed by atoms with Crippen LogP contribution in [0.4, 0.5) is 0 Å². The first-order chi connectivity index (χ1) is 10.2. The summed E-state index contributed by atoms with van der Waals surface area (Å²) in [6.45, 7) is 2.06. The molecule has 1 N–H and O–H groups in total. The third kappa shape index (κ3) is 2.62. The number of hydrogen-bond acceptors (Lipinski definition) is 3. The van der Waals surface area contributed by atoms with Gasteiger partial charge in [-0.1, -0.05) is 19.1 Å². The van der Waals surface area contributed by atoms with Crippen LogP contribution >= 0.6 is 0 Å². The highest BCUT2D eigenvalue weighted by atomic mass is 16.5. The molecule has 0 radical (unpaired) electrons. The van der Waals surface area contributed by atoms with Crippen molar-refractivity contribution in [3.05, 3.63) is 53.9 Å². The lowest BCUT2D eigenvalue weighted by molar-refractivity contribution is 0.268. The van der Waals surface area contributed by atoms with Gasteiger partial charge in [0.1, 0.15) is 23.9 Å². The van der Waals surface area contributed by atoms with Crippen LogP contribution in [0.3, 0.4) is 0 Å². The van der Waals surface area contributed by atoms with Gasteiger partial charge in [-0.05, 0) is 36.2 Å². The van der Waals surface area contributed by atoms with E-state index in [4.69, 9.17) is 4.74 Å². The van der Waals surface area contributed by atoms with Crippen LogP contribution in [0, 0.1) is 0 Å². The molecule has 0 saturated heterocycles. The molecule has 4 heteroatoms. The van der Waals surface area contributed by atoms with Crippen molar-refractivity contribution in [1.82, 2.24) is 9.55 Å². The van der Waals surface area contributed by atoms with E-state index in [1.807, 2.05) is 41.9 Å². The first-order valence-electron chi connectivity index (χ1n) is 7.04. The van der Waals surface area contributed by atoms with Crippen LogP contribution in [0.25, 0.3) is 11.0 Å². The quantitative estimate of drug-likeness (QED) is 0.797. The van der Waals surface area contributed by atoms with Crippen molar-refractivity contribution in [3.63, 3.8) is 0 Å². The van der Waals surface area contributed by atoms with E-state index in [-0.39, 0.29) is 6.61 Å². The topological polar surface area (TPSA) is 47.3 Å². The maximum atomic E-state index is 9.26. The number of fused-ring (bicyclic) bond motifs is 1. The summed E-state index contributed by atoms with van der Waals surface area (Å²) in [6.07, 6.45) is 1.02. The summed E-state index contributed by atoms with van der Waals surface area (Å²) < 4.78 is 7.76. The largest absolute Gasteiger partial charge is 0.457 e. The van der Waals surface area contributed by atoms with Crippen LogP contribution in [-0.4, -0.2) is 14.7 Å². The van der Waals surface area contributed by atoms with Gasteiger partial charge in [0.15, 0.2) is 0 Å². The van der Waals surface area contributed by atoms with E-state index >= 15 is 0 Å². The molecule has 2 aromatic carbocycles. The number of aliphatic hydroxyl groups is 1. The lowest BCUT2D eigenvalue weighted by Crippen LogP contribution is -1.96. The molecule has 21 heavy (non-hydrogen) atoms. The summed E-state index contributed by atoms with van der Waals surface area (Å²) in [4.78, 5) is 4.36. The lowest BCUT2D eigenvalue weighted by Gasteiger charge is -2.07. The van der Waals surface area contributed by atoms with Crippen molar-refractivity contribution in [2.24, 2.45) is 7.05 Å².